The maximum Gasteiger partial charge on any atom is 0.203 e. The van der Waals surface area contributed by atoms with E-state index in [2.05, 4.69) is 41.2 Å². The van der Waals surface area contributed by atoms with Crippen molar-refractivity contribution in [2.24, 2.45) is 0 Å². The molecule has 0 fully saturated rings. The quantitative estimate of drug-likeness (QED) is 0.780. The fourth-order valence-electron chi connectivity index (χ4n) is 2.11. The number of aromatic nitrogens is 3. The molecule has 0 unspecified atom stereocenters. The highest BCUT2D eigenvalue weighted by atomic mass is 16.3. The molecule has 1 aromatic carbocycles. The highest BCUT2D eigenvalue weighted by Crippen LogP contribution is 2.27. The molecule has 0 spiro atoms. The molecule has 0 aliphatic carbocycles. The normalized spacial score (nSPS) is 11.0. The minimum Gasteiger partial charge on any atom is -0.494 e. The third-order valence-corrected chi connectivity index (χ3v) is 3.27. The van der Waals surface area contributed by atoms with Crippen LogP contribution in [0.15, 0.2) is 42.9 Å². The molecule has 0 saturated carbocycles. The predicted octanol–water partition coefficient (Wildman–Crippen LogP) is 2.64. The third-order valence-electron chi connectivity index (χ3n) is 3.27. The van der Waals surface area contributed by atoms with Crippen LogP contribution in [-0.4, -0.2) is 19.6 Å². The first-order valence-corrected chi connectivity index (χ1v) is 6.28. The number of aryl methyl sites for hydroxylation is 3. The number of fused-ring (bicyclic) bond motifs is 1. The van der Waals surface area contributed by atoms with E-state index in [0.29, 0.717) is 17.9 Å². The summed E-state index contributed by atoms with van der Waals surface area (Å²) in [4.78, 5) is 8.28. The zero-order valence-corrected chi connectivity index (χ0v) is 10.7. The second-order valence-electron chi connectivity index (χ2n) is 4.68. The standard InChI is InChI=1S/C15H15N3O/c1-11-2-4-12(5-3-11)7-9-18-10-17-14-13(15(18)19)6-8-16-14/h2-6,8,10,19H,7,9H2,1H3. The van der Waals surface area contributed by atoms with Crippen LogP contribution in [0.25, 0.3) is 11.4 Å². The van der Waals surface area contributed by atoms with Crippen molar-refractivity contribution in [1.82, 2.24) is 14.5 Å². The maximum atomic E-state index is 10.1. The summed E-state index contributed by atoms with van der Waals surface area (Å²) in [6.45, 7) is 2.77. The van der Waals surface area contributed by atoms with Crippen molar-refractivity contribution in [2.45, 2.75) is 19.9 Å². The highest BCUT2D eigenvalue weighted by Gasteiger charge is 2.13. The van der Waals surface area contributed by atoms with Crippen LogP contribution in [-0.2, 0) is 13.0 Å². The predicted molar refractivity (Wildman–Crippen MR) is 73.2 cm³/mol. The van der Waals surface area contributed by atoms with Gasteiger partial charge in [0.05, 0.1) is 11.9 Å². The number of benzene rings is 1. The summed E-state index contributed by atoms with van der Waals surface area (Å²) in [5.41, 5.74) is 3.20. The van der Waals surface area contributed by atoms with E-state index in [1.165, 1.54) is 11.1 Å². The van der Waals surface area contributed by atoms with E-state index in [1.807, 2.05) is 0 Å². The van der Waals surface area contributed by atoms with Gasteiger partial charge in [-0.1, -0.05) is 29.8 Å². The van der Waals surface area contributed by atoms with E-state index in [4.69, 9.17) is 0 Å². The minimum atomic E-state index is 0.231. The van der Waals surface area contributed by atoms with Crippen LogP contribution in [0.3, 0.4) is 0 Å². The van der Waals surface area contributed by atoms with E-state index >= 15 is 0 Å². The van der Waals surface area contributed by atoms with Crippen LogP contribution in [0.2, 0.25) is 0 Å². The molecule has 2 aliphatic heterocycles. The van der Waals surface area contributed by atoms with Crippen molar-refractivity contribution < 1.29 is 5.11 Å². The second-order valence-corrected chi connectivity index (χ2v) is 4.68. The van der Waals surface area contributed by atoms with Gasteiger partial charge in [0, 0.05) is 12.7 Å². The Hall–Kier alpha value is -2.36. The van der Waals surface area contributed by atoms with Gasteiger partial charge in [-0.3, -0.25) is 0 Å². The topological polar surface area (TPSA) is 50.9 Å². The molecule has 1 aromatic rings. The van der Waals surface area contributed by atoms with E-state index in [0.717, 1.165) is 6.42 Å². The minimum absolute atomic E-state index is 0.231. The number of hydrogen-bond acceptors (Lipinski definition) is 3. The Morgan fingerprint density at radius 3 is 2.68 bits per heavy atom. The first-order valence-electron chi connectivity index (χ1n) is 6.28. The van der Waals surface area contributed by atoms with E-state index < -0.39 is 0 Å². The zero-order valence-electron chi connectivity index (χ0n) is 10.7. The first kappa shape index (κ1) is 11.7. The number of aromatic hydroxyl groups is 1. The molecule has 1 N–H and O–H groups in total. The maximum absolute atomic E-state index is 10.1. The van der Waals surface area contributed by atoms with Crippen LogP contribution in [0.5, 0.6) is 5.88 Å². The number of rotatable bonds is 3. The van der Waals surface area contributed by atoms with Crippen molar-refractivity contribution in [3.63, 3.8) is 0 Å². The van der Waals surface area contributed by atoms with E-state index in [9.17, 15) is 5.11 Å². The average Bonchev–Trinajstić information content (AvgIpc) is 2.89. The molecular weight excluding hydrogens is 238 g/mol. The summed E-state index contributed by atoms with van der Waals surface area (Å²) in [7, 11) is 0. The summed E-state index contributed by atoms with van der Waals surface area (Å²) in [5.74, 6) is 0.818. The van der Waals surface area contributed by atoms with Crippen molar-refractivity contribution in [3.8, 4) is 17.3 Å². The highest BCUT2D eigenvalue weighted by molar-refractivity contribution is 5.62. The van der Waals surface area contributed by atoms with Gasteiger partial charge >= 0.3 is 0 Å². The van der Waals surface area contributed by atoms with Crippen LogP contribution >= 0.6 is 0 Å². The van der Waals surface area contributed by atoms with Crippen LogP contribution < -0.4 is 0 Å². The van der Waals surface area contributed by atoms with E-state index in [1.54, 1.807) is 23.2 Å². The van der Waals surface area contributed by atoms with Gasteiger partial charge in [0.25, 0.3) is 0 Å². The lowest BCUT2D eigenvalue weighted by Crippen LogP contribution is -2.05. The number of hydrogen-bond donors (Lipinski definition) is 1. The molecule has 0 amide bonds. The Morgan fingerprint density at radius 2 is 1.89 bits per heavy atom. The van der Waals surface area contributed by atoms with Gasteiger partial charge in [0.15, 0.2) is 5.82 Å². The summed E-state index contributed by atoms with van der Waals surface area (Å²) >= 11 is 0. The first-order chi connectivity index (χ1) is 9.24. The lowest BCUT2D eigenvalue weighted by Gasteiger charge is -2.11. The van der Waals surface area contributed by atoms with Crippen molar-refractivity contribution in [2.75, 3.05) is 0 Å². The molecule has 2 heterocycles. The lowest BCUT2D eigenvalue weighted by molar-refractivity contribution is 0.410. The van der Waals surface area contributed by atoms with Crippen molar-refractivity contribution in [3.05, 3.63) is 54.0 Å². The Labute approximate surface area is 111 Å². The molecule has 0 bridgehead atoms. The van der Waals surface area contributed by atoms with Gasteiger partial charge in [-0.05, 0) is 25.0 Å². The molecule has 4 nitrogen and oxygen atoms in total. The Balaban J connectivity index is 1.80. The van der Waals surface area contributed by atoms with Gasteiger partial charge < -0.3 is 9.67 Å². The molecule has 4 heteroatoms. The summed E-state index contributed by atoms with van der Waals surface area (Å²) in [6.07, 6.45) is 4.15. The van der Waals surface area contributed by atoms with Crippen LogP contribution in [0.1, 0.15) is 11.1 Å². The molecule has 0 atom stereocenters. The molecule has 96 valence electrons. The lowest BCUT2D eigenvalue weighted by atomic mass is 10.1. The Morgan fingerprint density at radius 1 is 1.11 bits per heavy atom. The van der Waals surface area contributed by atoms with Crippen molar-refractivity contribution >= 4 is 0 Å². The molecular formula is C15H15N3O. The smallest absolute Gasteiger partial charge is 0.203 e. The van der Waals surface area contributed by atoms with Gasteiger partial charge in [0.1, 0.15) is 0 Å². The molecule has 0 aromatic heterocycles. The van der Waals surface area contributed by atoms with Gasteiger partial charge in [-0.15, -0.1) is 0 Å². The monoisotopic (exact) mass is 253 g/mol. The van der Waals surface area contributed by atoms with Gasteiger partial charge in [-0.2, -0.15) is 0 Å². The molecule has 3 rings (SSSR count). The van der Waals surface area contributed by atoms with Gasteiger partial charge in [-0.25, -0.2) is 9.97 Å². The third kappa shape index (κ3) is 2.29. The SMILES string of the molecule is Cc1ccc(CCn2cnc3nccc-3c2O)cc1. The average molecular weight is 253 g/mol. The summed E-state index contributed by atoms with van der Waals surface area (Å²) < 4.78 is 1.75. The van der Waals surface area contributed by atoms with E-state index in [-0.39, 0.29) is 5.88 Å². The Kier molecular flexibility index (Phi) is 2.91. The Bertz CT molecular complexity index is 658. The van der Waals surface area contributed by atoms with Crippen LogP contribution in [0, 0.1) is 6.92 Å². The van der Waals surface area contributed by atoms with Crippen LogP contribution in [0.4, 0.5) is 0 Å². The fourth-order valence-corrected chi connectivity index (χ4v) is 2.11. The molecule has 19 heavy (non-hydrogen) atoms. The summed E-state index contributed by atoms with van der Waals surface area (Å²) in [6, 6.07) is 10.2. The molecule has 2 aliphatic rings. The van der Waals surface area contributed by atoms with Crippen molar-refractivity contribution in [1.29, 1.82) is 0 Å². The fraction of sp³-hybridized carbons (Fsp3) is 0.200. The number of nitrogens with zero attached hydrogens (tertiary/aromatic N) is 3. The second kappa shape index (κ2) is 4.72. The molecule has 0 saturated heterocycles. The summed E-state index contributed by atoms with van der Waals surface area (Å²) in [5, 5.41) is 10.1. The largest absolute Gasteiger partial charge is 0.494 e. The molecule has 0 radical (unpaired) electrons. The zero-order chi connectivity index (χ0) is 13.2. The van der Waals surface area contributed by atoms with Gasteiger partial charge in [0.2, 0.25) is 5.88 Å².